The van der Waals surface area contributed by atoms with Crippen molar-refractivity contribution in [3.05, 3.63) is 65.2 Å². The van der Waals surface area contributed by atoms with E-state index >= 15 is 0 Å². The fourth-order valence-corrected chi connectivity index (χ4v) is 3.84. The minimum absolute atomic E-state index is 0.150. The van der Waals surface area contributed by atoms with Crippen molar-refractivity contribution in [1.82, 2.24) is 9.80 Å². The van der Waals surface area contributed by atoms with Gasteiger partial charge in [0.05, 0.1) is 6.61 Å². The highest BCUT2D eigenvalue weighted by Crippen LogP contribution is 2.22. The minimum Gasteiger partial charge on any atom is -0.493 e. The van der Waals surface area contributed by atoms with Gasteiger partial charge in [-0.2, -0.15) is 0 Å². The van der Waals surface area contributed by atoms with Crippen LogP contribution >= 0.6 is 0 Å². The number of amides is 2. The molecule has 5 nitrogen and oxygen atoms in total. The number of carbonyl (C=O) groups excluding carboxylic acids is 2. The molecule has 2 aromatic rings. The molecular weight excluding hydrogens is 376 g/mol. The molecule has 0 radical (unpaired) electrons. The molecule has 1 aliphatic rings. The highest BCUT2D eigenvalue weighted by atomic mass is 16.5. The predicted molar refractivity (Wildman–Crippen MR) is 119 cm³/mol. The van der Waals surface area contributed by atoms with Crippen LogP contribution in [0.3, 0.4) is 0 Å². The Morgan fingerprint density at radius 2 is 1.37 bits per heavy atom. The van der Waals surface area contributed by atoms with Gasteiger partial charge in [0.15, 0.2) is 0 Å². The molecule has 0 spiro atoms. The lowest BCUT2D eigenvalue weighted by atomic mass is 10.1. The summed E-state index contributed by atoms with van der Waals surface area (Å²) in [5.41, 5.74) is 3.42. The van der Waals surface area contributed by atoms with Gasteiger partial charge in [0, 0.05) is 39.0 Å². The molecule has 2 aromatic carbocycles. The van der Waals surface area contributed by atoms with Gasteiger partial charge in [-0.1, -0.05) is 48.5 Å². The summed E-state index contributed by atoms with van der Waals surface area (Å²) in [4.78, 5) is 28.7. The van der Waals surface area contributed by atoms with E-state index < -0.39 is 0 Å². The quantitative estimate of drug-likeness (QED) is 0.625. The van der Waals surface area contributed by atoms with Crippen molar-refractivity contribution >= 4 is 11.8 Å². The lowest BCUT2D eigenvalue weighted by molar-refractivity contribution is -0.139. The van der Waals surface area contributed by atoms with Crippen LogP contribution in [0.25, 0.3) is 0 Å². The van der Waals surface area contributed by atoms with Crippen LogP contribution in [0, 0.1) is 13.8 Å². The minimum atomic E-state index is 0.150. The third-order valence-corrected chi connectivity index (χ3v) is 5.65. The van der Waals surface area contributed by atoms with Crippen molar-refractivity contribution in [2.24, 2.45) is 0 Å². The number of carbonyl (C=O) groups is 2. The largest absolute Gasteiger partial charge is 0.493 e. The summed E-state index contributed by atoms with van der Waals surface area (Å²) in [7, 11) is 0. The SMILES string of the molecule is Cc1cccc(C)c1OCCCC(=O)N1CCN(C(=O)CCc2ccccc2)CC1. The van der Waals surface area contributed by atoms with Crippen molar-refractivity contribution in [2.45, 2.75) is 39.5 Å². The van der Waals surface area contributed by atoms with Crippen LogP contribution in [0.15, 0.2) is 48.5 Å². The van der Waals surface area contributed by atoms with E-state index in [1.807, 2.05) is 72.2 Å². The van der Waals surface area contributed by atoms with Gasteiger partial charge in [-0.25, -0.2) is 0 Å². The summed E-state index contributed by atoms with van der Waals surface area (Å²) in [5.74, 6) is 1.25. The smallest absolute Gasteiger partial charge is 0.223 e. The molecule has 0 saturated carbocycles. The molecule has 0 aliphatic carbocycles. The zero-order chi connectivity index (χ0) is 21.3. The Balaban J connectivity index is 1.34. The second kappa shape index (κ2) is 10.8. The van der Waals surface area contributed by atoms with E-state index in [-0.39, 0.29) is 11.8 Å². The highest BCUT2D eigenvalue weighted by molar-refractivity contribution is 5.78. The first-order valence-corrected chi connectivity index (χ1v) is 10.8. The molecule has 30 heavy (non-hydrogen) atoms. The lowest BCUT2D eigenvalue weighted by Gasteiger charge is -2.35. The Morgan fingerprint density at radius 1 is 0.800 bits per heavy atom. The third-order valence-electron chi connectivity index (χ3n) is 5.65. The highest BCUT2D eigenvalue weighted by Gasteiger charge is 2.23. The average Bonchev–Trinajstić information content (AvgIpc) is 2.77. The summed E-state index contributed by atoms with van der Waals surface area (Å²) < 4.78 is 5.89. The van der Waals surface area contributed by atoms with Gasteiger partial charge in [0.1, 0.15) is 5.75 Å². The number of para-hydroxylation sites is 1. The molecule has 5 heteroatoms. The number of benzene rings is 2. The number of piperazine rings is 1. The Hall–Kier alpha value is -2.82. The Morgan fingerprint density at radius 3 is 1.97 bits per heavy atom. The van der Waals surface area contributed by atoms with Crippen molar-refractivity contribution in [1.29, 1.82) is 0 Å². The zero-order valence-electron chi connectivity index (χ0n) is 18.1. The van der Waals surface area contributed by atoms with E-state index in [0.29, 0.717) is 52.0 Å². The second-order valence-corrected chi connectivity index (χ2v) is 7.92. The molecule has 1 saturated heterocycles. The molecule has 0 aromatic heterocycles. The zero-order valence-corrected chi connectivity index (χ0v) is 18.1. The van der Waals surface area contributed by atoms with Crippen molar-refractivity contribution < 1.29 is 14.3 Å². The Labute approximate surface area is 179 Å². The Bertz CT molecular complexity index is 822. The summed E-state index contributed by atoms with van der Waals surface area (Å²) in [6.07, 6.45) is 2.46. The van der Waals surface area contributed by atoms with Crippen LogP contribution in [-0.4, -0.2) is 54.4 Å². The molecule has 1 aliphatic heterocycles. The van der Waals surface area contributed by atoms with Gasteiger partial charge in [0.2, 0.25) is 11.8 Å². The van der Waals surface area contributed by atoms with E-state index in [9.17, 15) is 9.59 Å². The van der Waals surface area contributed by atoms with Crippen molar-refractivity contribution in [3.63, 3.8) is 0 Å². The molecule has 2 amide bonds. The summed E-state index contributed by atoms with van der Waals surface area (Å²) >= 11 is 0. The maximum Gasteiger partial charge on any atom is 0.223 e. The molecule has 0 bridgehead atoms. The summed E-state index contributed by atoms with van der Waals surface area (Å²) in [5, 5.41) is 0. The number of rotatable bonds is 8. The molecule has 0 N–H and O–H groups in total. The summed E-state index contributed by atoms with van der Waals surface area (Å²) in [6.45, 7) is 7.09. The van der Waals surface area contributed by atoms with E-state index in [1.54, 1.807) is 0 Å². The Kier molecular flexibility index (Phi) is 7.89. The monoisotopic (exact) mass is 408 g/mol. The van der Waals surface area contributed by atoms with Crippen LogP contribution in [0.1, 0.15) is 36.0 Å². The topological polar surface area (TPSA) is 49.9 Å². The molecular formula is C25H32N2O3. The molecule has 0 unspecified atom stereocenters. The number of hydrogen-bond donors (Lipinski definition) is 0. The first-order valence-electron chi connectivity index (χ1n) is 10.8. The average molecular weight is 409 g/mol. The van der Waals surface area contributed by atoms with Gasteiger partial charge in [0.25, 0.3) is 0 Å². The van der Waals surface area contributed by atoms with Crippen LogP contribution in [-0.2, 0) is 16.0 Å². The van der Waals surface area contributed by atoms with Gasteiger partial charge < -0.3 is 14.5 Å². The third kappa shape index (κ3) is 6.09. The van der Waals surface area contributed by atoms with Gasteiger partial charge in [-0.05, 0) is 43.4 Å². The number of aryl methyl sites for hydroxylation is 3. The van der Waals surface area contributed by atoms with Gasteiger partial charge in [-0.3, -0.25) is 9.59 Å². The van der Waals surface area contributed by atoms with Crippen LogP contribution in [0.2, 0.25) is 0 Å². The van der Waals surface area contributed by atoms with Crippen LogP contribution in [0.4, 0.5) is 0 Å². The molecule has 3 rings (SSSR count). The predicted octanol–water partition coefficient (Wildman–Crippen LogP) is 3.77. The van der Waals surface area contributed by atoms with E-state index in [0.717, 1.165) is 23.3 Å². The summed E-state index contributed by atoms with van der Waals surface area (Å²) in [6, 6.07) is 16.2. The number of ether oxygens (including phenoxy) is 1. The van der Waals surface area contributed by atoms with Crippen molar-refractivity contribution in [2.75, 3.05) is 32.8 Å². The number of hydrogen-bond acceptors (Lipinski definition) is 3. The van der Waals surface area contributed by atoms with Crippen LogP contribution < -0.4 is 4.74 Å². The number of nitrogens with zero attached hydrogens (tertiary/aromatic N) is 2. The molecule has 1 fully saturated rings. The molecule has 0 atom stereocenters. The first-order chi connectivity index (χ1) is 14.5. The normalized spacial score (nSPS) is 13.9. The molecule has 160 valence electrons. The van der Waals surface area contributed by atoms with Gasteiger partial charge >= 0.3 is 0 Å². The first kappa shape index (κ1) is 21.9. The second-order valence-electron chi connectivity index (χ2n) is 7.92. The van der Waals surface area contributed by atoms with E-state index in [1.165, 1.54) is 5.56 Å². The maximum absolute atomic E-state index is 12.5. The lowest BCUT2D eigenvalue weighted by Crippen LogP contribution is -2.50. The maximum atomic E-state index is 12.5. The fourth-order valence-electron chi connectivity index (χ4n) is 3.84. The molecule has 1 heterocycles. The van der Waals surface area contributed by atoms with Gasteiger partial charge in [-0.15, -0.1) is 0 Å². The fraction of sp³-hybridized carbons (Fsp3) is 0.440. The standard InChI is InChI=1S/C25H32N2O3/c1-20-8-6-9-21(2)25(20)30-19-7-12-23(28)26-15-17-27(18-16-26)24(29)14-13-22-10-4-3-5-11-22/h3-6,8-11H,7,12-19H2,1-2H3. The van der Waals surface area contributed by atoms with E-state index in [4.69, 9.17) is 4.74 Å². The van der Waals surface area contributed by atoms with Crippen LogP contribution in [0.5, 0.6) is 5.75 Å². The van der Waals surface area contributed by atoms with E-state index in [2.05, 4.69) is 0 Å². The van der Waals surface area contributed by atoms with Crippen molar-refractivity contribution in [3.8, 4) is 5.75 Å².